The number of esters is 1. The lowest BCUT2D eigenvalue weighted by molar-refractivity contribution is -0.143. The molecule has 0 radical (unpaired) electrons. The van der Waals surface area contributed by atoms with Crippen molar-refractivity contribution in [1.29, 1.82) is 0 Å². The molecule has 0 aromatic heterocycles. The van der Waals surface area contributed by atoms with Gasteiger partial charge < -0.3 is 19.9 Å². The molecule has 6 nitrogen and oxygen atoms in total. The van der Waals surface area contributed by atoms with E-state index in [2.05, 4.69) is 16.9 Å². The molecule has 0 saturated carbocycles. The van der Waals surface area contributed by atoms with E-state index in [-0.39, 0.29) is 17.8 Å². The summed E-state index contributed by atoms with van der Waals surface area (Å²) >= 11 is 5.89. The minimum Gasteiger partial charge on any atom is -0.508 e. The van der Waals surface area contributed by atoms with Gasteiger partial charge in [0, 0.05) is 23.6 Å². The summed E-state index contributed by atoms with van der Waals surface area (Å²) in [6.07, 6.45) is 5.50. The minimum atomic E-state index is -0.389. The number of phenols is 1. The SMILES string of the molecule is C=CNC=NCC(OCCCCCC(=O)OCC)c1ccc(Cl)cc1O. The number of unbranched alkanes of at least 4 members (excludes halogenated alkanes) is 2. The molecular formula is C19H27ClN2O4. The van der Waals surface area contributed by atoms with Gasteiger partial charge in [0.15, 0.2) is 0 Å². The number of ether oxygens (including phenoxy) is 2. The molecule has 1 aromatic carbocycles. The summed E-state index contributed by atoms with van der Waals surface area (Å²) in [6, 6.07) is 4.93. The molecule has 26 heavy (non-hydrogen) atoms. The van der Waals surface area contributed by atoms with Gasteiger partial charge in [0.1, 0.15) is 11.9 Å². The maximum Gasteiger partial charge on any atom is 0.305 e. The van der Waals surface area contributed by atoms with Crippen molar-refractivity contribution in [1.82, 2.24) is 5.32 Å². The number of nitrogens with zero attached hydrogens (tertiary/aromatic N) is 1. The second-order valence-corrected chi connectivity index (χ2v) is 5.98. The summed E-state index contributed by atoms with van der Waals surface area (Å²) in [4.78, 5) is 15.5. The van der Waals surface area contributed by atoms with Gasteiger partial charge in [0.2, 0.25) is 0 Å². The molecule has 1 unspecified atom stereocenters. The summed E-state index contributed by atoms with van der Waals surface area (Å²) in [5.74, 6) is -0.0851. The second kappa shape index (κ2) is 13.2. The van der Waals surface area contributed by atoms with Crippen molar-refractivity contribution in [2.75, 3.05) is 19.8 Å². The molecule has 0 bridgehead atoms. The third kappa shape index (κ3) is 8.87. The Hall–Kier alpha value is -2.05. The standard InChI is InChI=1S/C19H27ClN2O4/c1-3-21-14-22-13-18(16-10-9-15(20)12-17(16)23)26-11-7-5-6-8-19(24)25-4-2/h3,9-10,12,14,18,23H,1,4-8,11,13H2,2H3,(H,21,22). The zero-order chi connectivity index (χ0) is 19.2. The van der Waals surface area contributed by atoms with Crippen molar-refractivity contribution >= 4 is 23.9 Å². The first-order valence-corrected chi connectivity index (χ1v) is 9.07. The molecule has 0 heterocycles. The van der Waals surface area contributed by atoms with Crippen molar-refractivity contribution < 1.29 is 19.4 Å². The fraction of sp³-hybridized carbons (Fsp3) is 0.474. The average molecular weight is 383 g/mol. The van der Waals surface area contributed by atoms with Crippen LogP contribution < -0.4 is 5.32 Å². The van der Waals surface area contributed by atoms with E-state index in [0.29, 0.717) is 36.8 Å². The Morgan fingerprint density at radius 1 is 1.42 bits per heavy atom. The number of hydrogen-bond acceptors (Lipinski definition) is 5. The van der Waals surface area contributed by atoms with Gasteiger partial charge >= 0.3 is 5.97 Å². The highest BCUT2D eigenvalue weighted by Crippen LogP contribution is 2.30. The Morgan fingerprint density at radius 3 is 2.92 bits per heavy atom. The van der Waals surface area contributed by atoms with Crippen LogP contribution >= 0.6 is 11.6 Å². The Bertz CT molecular complexity index is 593. The van der Waals surface area contributed by atoms with E-state index in [0.717, 1.165) is 19.3 Å². The molecule has 0 aliphatic carbocycles. The molecule has 144 valence electrons. The predicted molar refractivity (Wildman–Crippen MR) is 104 cm³/mol. The van der Waals surface area contributed by atoms with Gasteiger partial charge in [-0.2, -0.15) is 0 Å². The van der Waals surface area contributed by atoms with Crippen LogP contribution in [0.15, 0.2) is 36.0 Å². The van der Waals surface area contributed by atoms with Crippen LogP contribution in [-0.2, 0) is 14.3 Å². The van der Waals surface area contributed by atoms with Crippen molar-refractivity contribution in [3.63, 3.8) is 0 Å². The maximum atomic E-state index is 11.3. The predicted octanol–water partition coefficient (Wildman–Crippen LogP) is 3.99. The Kier molecular flexibility index (Phi) is 11.2. The Morgan fingerprint density at radius 2 is 2.23 bits per heavy atom. The monoisotopic (exact) mass is 382 g/mol. The van der Waals surface area contributed by atoms with Crippen molar-refractivity contribution in [2.24, 2.45) is 4.99 Å². The van der Waals surface area contributed by atoms with Crippen LogP contribution in [0.4, 0.5) is 0 Å². The number of carbonyl (C=O) groups is 1. The number of benzene rings is 1. The van der Waals surface area contributed by atoms with Gasteiger partial charge in [0.25, 0.3) is 0 Å². The van der Waals surface area contributed by atoms with Crippen LogP contribution in [0.1, 0.15) is 44.3 Å². The van der Waals surface area contributed by atoms with E-state index in [1.807, 2.05) is 0 Å². The molecule has 2 N–H and O–H groups in total. The molecule has 0 aliphatic heterocycles. The van der Waals surface area contributed by atoms with E-state index in [1.165, 1.54) is 18.6 Å². The Balaban J connectivity index is 2.49. The van der Waals surface area contributed by atoms with Gasteiger partial charge in [-0.15, -0.1) is 0 Å². The van der Waals surface area contributed by atoms with Crippen molar-refractivity contribution in [3.8, 4) is 5.75 Å². The number of halogens is 1. The molecule has 0 amide bonds. The first-order valence-electron chi connectivity index (χ1n) is 8.69. The lowest BCUT2D eigenvalue weighted by Crippen LogP contribution is -2.11. The number of phenolic OH excluding ortho intramolecular Hbond substituents is 1. The normalized spacial score (nSPS) is 12.1. The smallest absolute Gasteiger partial charge is 0.305 e. The van der Waals surface area contributed by atoms with Gasteiger partial charge in [-0.05, 0) is 38.1 Å². The van der Waals surface area contributed by atoms with Crippen LogP contribution in [-0.4, -0.2) is 37.2 Å². The summed E-state index contributed by atoms with van der Waals surface area (Å²) in [5, 5.41) is 13.3. The lowest BCUT2D eigenvalue weighted by atomic mass is 10.1. The quantitative estimate of drug-likeness (QED) is 0.233. The zero-order valence-corrected chi connectivity index (χ0v) is 15.9. The molecule has 1 aromatic rings. The van der Waals surface area contributed by atoms with Crippen LogP contribution in [0.2, 0.25) is 5.02 Å². The fourth-order valence-corrected chi connectivity index (χ4v) is 2.46. The fourth-order valence-electron chi connectivity index (χ4n) is 2.29. The number of aliphatic imine (C=N–C) groups is 1. The number of carbonyl (C=O) groups excluding carboxylic acids is 1. The summed E-state index contributed by atoms with van der Waals surface area (Å²) in [6.45, 7) is 6.60. The van der Waals surface area contributed by atoms with E-state index >= 15 is 0 Å². The molecular weight excluding hydrogens is 356 g/mol. The van der Waals surface area contributed by atoms with E-state index < -0.39 is 0 Å². The molecule has 0 saturated heterocycles. The first kappa shape index (κ1) is 22.0. The molecule has 0 fully saturated rings. The van der Waals surface area contributed by atoms with E-state index in [9.17, 15) is 9.90 Å². The van der Waals surface area contributed by atoms with Crippen molar-refractivity contribution in [3.05, 3.63) is 41.6 Å². The molecule has 0 aliphatic rings. The largest absolute Gasteiger partial charge is 0.508 e. The van der Waals surface area contributed by atoms with Gasteiger partial charge in [-0.3, -0.25) is 9.79 Å². The van der Waals surface area contributed by atoms with Gasteiger partial charge in [-0.25, -0.2) is 0 Å². The van der Waals surface area contributed by atoms with Crippen LogP contribution in [0.5, 0.6) is 5.75 Å². The highest BCUT2D eigenvalue weighted by atomic mass is 35.5. The second-order valence-electron chi connectivity index (χ2n) is 5.54. The first-order chi connectivity index (χ1) is 12.6. The molecule has 1 atom stereocenters. The molecule has 1 rings (SSSR count). The number of hydrogen-bond donors (Lipinski definition) is 2. The molecule has 0 spiro atoms. The topological polar surface area (TPSA) is 80.2 Å². The summed E-state index contributed by atoms with van der Waals surface area (Å²) in [7, 11) is 0. The average Bonchev–Trinajstić information content (AvgIpc) is 2.60. The van der Waals surface area contributed by atoms with Crippen LogP contribution in [0.25, 0.3) is 0 Å². The minimum absolute atomic E-state index is 0.0803. The van der Waals surface area contributed by atoms with Gasteiger partial charge in [-0.1, -0.05) is 30.7 Å². The highest BCUT2D eigenvalue weighted by Gasteiger charge is 2.16. The van der Waals surface area contributed by atoms with Crippen LogP contribution in [0, 0.1) is 0 Å². The molecule has 7 heteroatoms. The maximum absolute atomic E-state index is 11.3. The lowest BCUT2D eigenvalue weighted by Gasteiger charge is -2.18. The number of nitrogens with one attached hydrogen (secondary N) is 1. The summed E-state index contributed by atoms with van der Waals surface area (Å²) in [5.41, 5.74) is 0.636. The van der Waals surface area contributed by atoms with E-state index in [4.69, 9.17) is 21.1 Å². The Labute approximate surface area is 159 Å². The summed E-state index contributed by atoms with van der Waals surface area (Å²) < 4.78 is 10.8. The van der Waals surface area contributed by atoms with E-state index in [1.54, 1.807) is 19.1 Å². The van der Waals surface area contributed by atoms with Gasteiger partial charge in [0.05, 0.1) is 19.5 Å². The highest BCUT2D eigenvalue weighted by molar-refractivity contribution is 6.30. The zero-order valence-electron chi connectivity index (χ0n) is 15.1. The van der Waals surface area contributed by atoms with Crippen molar-refractivity contribution in [2.45, 2.75) is 38.7 Å². The third-order valence-electron chi connectivity index (χ3n) is 3.54. The number of rotatable bonds is 13. The third-order valence-corrected chi connectivity index (χ3v) is 3.78. The number of aromatic hydroxyl groups is 1. The van der Waals surface area contributed by atoms with Crippen LogP contribution in [0.3, 0.4) is 0 Å².